The Kier molecular flexibility index (Phi) is 5.54. The number of aromatic nitrogens is 3. The van der Waals surface area contributed by atoms with Crippen LogP contribution in [0.5, 0.6) is 0 Å². The molecule has 1 fully saturated rings. The van der Waals surface area contributed by atoms with Crippen molar-refractivity contribution >= 4 is 0 Å². The molecule has 130 valence electrons. The highest BCUT2D eigenvalue weighted by Crippen LogP contribution is 2.37. The van der Waals surface area contributed by atoms with Crippen molar-refractivity contribution < 1.29 is 0 Å². The van der Waals surface area contributed by atoms with E-state index in [1.807, 2.05) is 19.1 Å². The van der Waals surface area contributed by atoms with Crippen molar-refractivity contribution in [3.63, 3.8) is 0 Å². The maximum Gasteiger partial charge on any atom is 0.347 e. The third-order valence-electron chi connectivity index (χ3n) is 5.53. The zero-order chi connectivity index (χ0) is 16.9. The number of H-pyrrole nitrogens is 1. The smallest absolute Gasteiger partial charge is 0.247 e. The standard InChI is InChI=1S/C20H29N3O/c1-3-4-5-6-16-7-9-17(10-8-16)18-11-13-19(14-12-18)23-15(2)21-22-20(23)24/h11-14,16-17H,3-10H2,1-2H3,(H,22,24). The number of nitrogens with one attached hydrogen (secondary N) is 1. The number of hydrogen-bond acceptors (Lipinski definition) is 2. The van der Waals surface area contributed by atoms with Crippen LogP contribution in [0.25, 0.3) is 5.69 Å². The minimum atomic E-state index is -0.173. The summed E-state index contributed by atoms with van der Waals surface area (Å²) in [5.74, 6) is 2.32. The molecule has 4 nitrogen and oxygen atoms in total. The Morgan fingerprint density at radius 2 is 1.83 bits per heavy atom. The van der Waals surface area contributed by atoms with Gasteiger partial charge < -0.3 is 0 Å². The molecule has 4 heteroatoms. The van der Waals surface area contributed by atoms with Crippen LogP contribution < -0.4 is 5.69 Å². The molecular weight excluding hydrogens is 298 g/mol. The Bertz CT molecular complexity index is 690. The summed E-state index contributed by atoms with van der Waals surface area (Å²) in [7, 11) is 0. The summed E-state index contributed by atoms with van der Waals surface area (Å²) in [6, 6.07) is 8.48. The van der Waals surface area contributed by atoms with Crippen LogP contribution >= 0.6 is 0 Å². The van der Waals surface area contributed by atoms with Crippen molar-refractivity contribution in [1.82, 2.24) is 14.8 Å². The molecule has 1 aromatic heterocycles. The zero-order valence-corrected chi connectivity index (χ0v) is 14.9. The molecule has 3 rings (SSSR count). The van der Waals surface area contributed by atoms with Crippen molar-refractivity contribution in [2.45, 2.75) is 71.1 Å². The molecule has 1 aliphatic rings. The summed E-state index contributed by atoms with van der Waals surface area (Å²) in [4.78, 5) is 11.8. The molecule has 2 aromatic rings. The van der Waals surface area contributed by atoms with E-state index in [4.69, 9.17) is 0 Å². The fourth-order valence-electron chi connectivity index (χ4n) is 4.04. The molecule has 0 unspecified atom stereocenters. The lowest BCUT2D eigenvalue weighted by Gasteiger charge is -2.29. The lowest BCUT2D eigenvalue weighted by atomic mass is 9.77. The van der Waals surface area contributed by atoms with E-state index in [0.29, 0.717) is 11.7 Å². The second-order valence-corrected chi connectivity index (χ2v) is 7.22. The first-order valence-corrected chi connectivity index (χ1v) is 9.43. The van der Waals surface area contributed by atoms with Gasteiger partial charge in [-0.1, -0.05) is 44.7 Å². The Labute approximate surface area is 144 Å². The molecule has 24 heavy (non-hydrogen) atoms. The average Bonchev–Trinajstić information content (AvgIpc) is 2.95. The van der Waals surface area contributed by atoms with E-state index < -0.39 is 0 Å². The van der Waals surface area contributed by atoms with Crippen molar-refractivity contribution in [2.75, 3.05) is 0 Å². The summed E-state index contributed by atoms with van der Waals surface area (Å²) >= 11 is 0. The van der Waals surface area contributed by atoms with Gasteiger partial charge in [-0.05, 0) is 62.1 Å². The normalized spacial score (nSPS) is 21.1. The van der Waals surface area contributed by atoms with Gasteiger partial charge in [0.15, 0.2) is 0 Å². The van der Waals surface area contributed by atoms with Crippen molar-refractivity contribution in [1.29, 1.82) is 0 Å². The second kappa shape index (κ2) is 7.82. The molecule has 1 heterocycles. The number of unbranched alkanes of at least 4 members (excludes halogenated alkanes) is 2. The van der Waals surface area contributed by atoms with Crippen LogP contribution in [0.3, 0.4) is 0 Å². The predicted octanol–water partition coefficient (Wildman–Crippen LogP) is 4.72. The maximum atomic E-state index is 11.8. The van der Waals surface area contributed by atoms with E-state index in [1.54, 1.807) is 4.57 Å². The highest BCUT2D eigenvalue weighted by atomic mass is 16.1. The van der Waals surface area contributed by atoms with Crippen LogP contribution in [-0.4, -0.2) is 14.8 Å². The van der Waals surface area contributed by atoms with E-state index in [-0.39, 0.29) is 5.69 Å². The van der Waals surface area contributed by atoms with Crippen LogP contribution in [0.1, 0.15) is 75.6 Å². The molecule has 0 spiro atoms. The predicted molar refractivity (Wildman–Crippen MR) is 97.8 cm³/mol. The highest BCUT2D eigenvalue weighted by molar-refractivity contribution is 5.36. The second-order valence-electron chi connectivity index (χ2n) is 7.22. The molecule has 0 atom stereocenters. The molecule has 1 aliphatic carbocycles. The molecule has 0 aliphatic heterocycles. The van der Waals surface area contributed by atoms with Gasteiger partial charge in [0, 0.05) is 0 Å². The van der Waals surface area contributed by atoms with Gasteiger partial charge in [0.25, 0.3) is 0 Å². The summed E-state index contributed by atoms with van der Waals surface area (Å²) in [6.07, 6.45) is 10.9. The number of hydrogen-bond donors (Lipinski definition) is 1. The van der Waals surface area contributed by atoms with E-state index >= 15 is 0 Å². The van der Waals surface area contributed by atoms with Gasteiger partial charge in [-0.2, -0.15) is 5.10 Å². The van der Waals surface area contributed by atoms with E-state index in [9.17, 15) is 4.79 Å². The first kappa shape index (κ1) is 17.0. The first-order chi connectivity index (χ1) is 11.7. The lowest BCUT2D eigenvalue weighted by molar-refractivity contribution is 0.303. The van der Waals surface area contributed by atoms with Crippen molar-refractivity contribution in [3.8, 4) is 5.69 Å². The Balaban J connectivity index is 1.60. The summed E-state index contributed by atoms with van der Waals surface area (Å²) in [5.41, 5.74) is 2.14. The number of nitrogens with zero attached hydrogens (tertiary/aromatic N) is 2. The minimum Gasteiger partial charge on any atom is -0.247 e. The zero-order valence-electron chi connectivity index (χ0n) is 14.9. The van der Waals surface area contributed by atoms with Crippen LogP contribution in [-0.2, 0) is 0 Å². The van der Waals surface area contributed by atoms with Gasteiger partial charge in [0.05, 0.1) is 5.69 Å². The van der Waals surface area contributed by atoms with E-state index in [2.05, 4.69) is 29.3 Å². The van der Waals surface area contributed by atoms with Crippen molar-refractivity contribution in [3.05, 3.63) is 46.1 Å². The molecule has 0 bridgehead atoms. The van der Waals surface area contributed by atoms with Crippen LogP contribution in [0, 0.1) is 12.8 Å². The number of rotatable bonds is 6. The monoisotopic (exact) mass is 327 g/mol. The van der Waals surface area contributed by atoms with Gasteiger partial charge in [0.1, 0.15) is 5.82 Å². The van der Waals surface area contributed by atoms with E-state index in [1.165, 1.54) is 56.9 Å². The molecule has 0 saturated heterocycles. The summed E-state index contributed by atoms with van der Waals surface area (Å²) in [5, 5.41) is 6.47. The van der Waals surface area contributed by atoms with Gasteiger partial charge in [0.2, 0.25) is 0 Å². The summed E-state index contributed by atoms with van der Waals surface area (Å²) in [6.45, 7) is 4.12. The number of aryl methyl sites for hydroxylation is 1. The fraction of sp³-hybridized carbons (Fsp3) is 0.600. The third kappa shape index (κ3) is 3.80. The molecule has 1 saturated carbocycles. The lowest BCUT2D eigenvalue weighted by Crippen LogP contribution is -2.16. The maximum absolute atomic E-state index is 11.8. The average molecular weight is 327 g/mol. The number of aromatic amines is 1. The van der Waals surface area contributed by atoms with Gasteiger partial charge >= 0.3 is 5.69 Å². The number of benzene rings is 1. The largest absolute Gasteiger partial charge is 0.347 e. The molecule has 1 aromatic carbocycles. The molecular formula is C20H29N3O. The quantitative estimate of drug-likeness (QED) is 0.780. The topological polar surface area (TPSA) is 50.7 Å². The molecule has 1 N–H and O–H groups in total. The van der Waals surface area contributed by atoms with E-state index in [0.717, 1.165) is 11.6 Å². The van der Waals surface area contributed by atoms with Crippen molar-refractivity contribution in [2.24, 2.45) is 5.92 Å². The van der Waals surface area contributed by atoms with Gasteiger partial charge in [-0.3, -0.25) is 0 Å². The van der Waals surface area contributed by atoms with Crippen LogP contribution in [0.2, 0.25) is 0 Å². The Morgan fingerprint density at radius 1 is 1.12 bits per heavy atom. The third-order valence-corrected chi connectivity index (χ3v) is 5.53. The van der Waals surface area contributed by atoms with Crippen LogP contribution in [0.4, 0.5) is 0 Å². The molecule has 0 amide bonds. The van der Waals surface area contributed by atoms with Gasteiger partial charge in [-0.15, -0.1) is 0 Å². The fourth-order valence-corrected chi connectivity index (χ4v) is 4.04. The molecule has 0 radical (unpaired) electrons. The Hall–Kier alpha value is -1.84. The van der Waals surface area contributed by atoms with Crippen LogP contribution in [0.15, 0.2) is 29.1 Å². The highest BCUT2D eigenvalue weighted by Gasteiger charge is 2.22. The Morgan fingerprint density at radius 3 is 2.42 bits per heavy atom. The SMILES string of the molecule is CCCCCC1CCC(c2ccc(-n3c(C)n[nH]c3=O)cc2)CC1. The first-order valence-electron chi connectivity index (χ1n) is 9.43. The summed E-state index contributed by atoms with van der Waals surface area (Å²) < 4.78 is 1.62. The van der Waals surface area contributed by atoms with Gasteiger partial charge in [-0.25, -0.2) is 14.5 Å². The minimum absolute atomic E-state index is 0.173.